The van der Waals surface area contributed by atoms with Gasteiger partial charge in [-0.2, -0.15) is 0 Å². The molecular formula is C11H15BrN2OS. The second kappa shape index (κ2) is 6.27. The van der Waals surface area contributed by atoms with E-state index >= 15 is 0 Å². The second-order valence-corrected chi connectivity index (χ2v) is 5.83. The van der Waals surface area contributed by atoms with E-state index in [0.717, 1.165) is 15.8 Å². The summed E-state index contributed by atoms with van der Waals surface area (Å²) in [5.41, 5.74) is 6.12. The maximum Gasteiger partial charge on any atom is 0.122 e. The Labute approximate surface area is 108 Å². The van der Waals surface area contributed by atoms with Crippen LogP contribution < -0.4 is 5.73 Å². The number of hydrogen-bond donors (Lipinski definition) is 3. The average molecular weight is 303 g/mol. The third-order valence-electron chi connectivity index (χ3n) is 2.11. The number of hydrogen-bond acceptors (Lipinski definition) is 3. The zero-order valence-corrected chi connectivity index (χ0v) is 11.4. The number of nitrogen functional groups attached to an aromatic ring is 1. The molecule has 0 fully saturated rings. The SMILES string of the molecule is CC(CCO)Sc1ccc(C(=N)N)cc1Br. The third kappa shape index (κ3) is 3.81. The monoisotopic (exact) mass is 302 g/mol. The molecule has 0 heterocycles. The van der Waals surface area contributed by atoms with Crippen LogP contribution in [0.4, 0.5) is 0 Å². The molecule has 5 heteroatoms. The van der Waals surface area contributed by atoms with Gasteiger partial charge in [-0.25, -0.2) is 0 Å². The van der Waals surface area contributed by atoms with Gasteiger partial charge in [0.15, 0.2) is 0 Å². The van der Waals surface area contributed by atoms with Crippen LogP contribution in [0.3, 0.4) is 0 Å². The van der Waals surface area contributed by atoms with Crippen LogP contribution in [0, 0.1) is 5.41 Å². The predicted molar refractivity (Wildman–Crippen MR) is 72.2 cm³/mol. The fourth-order valence-corrected chi connectivity index (χ4v) is 2.86. The number of benzene rings is 1. The van der Waals surface area contributed by atoms with Gasteiger partial charge in [-0.1, -0.05) is 13.0 Å². The van der Waals surface area contributed by atoms with Gasteiger partial charge in [0.25, 0.3) is 0 Å². The normalized spacial score (nSPS) is 12.4. The van der Waals surface area contributed by atoms with Gasteiger partial charge in [-0.05, 0) is 34.5 Å². The van der Waals surface area contributed by atoms with E-state index in [2.05, 4.69) is 22.9 Å². The highest BCUT2D eigenvalue weighted by Crippen LogP contribution is 2.32. The first kappa shape index (κ1) is 13.5. The molecule has 0 aliphatic carbocycles. The summed E-state index contributed by atoms with van der Waals surface area (Å²) in [5, 5.41) is 16.5. The Morgan fingerprint density at radius 2 is 2.31 bits per heavy atom. The number of aliphatic hydroxyl groups excluding tert-OH is 1. The molecule has 0 saturated carbocycles. The van der Waals surface area contributed by atoms with E-state index in [1.165, 1.54) is 0 Å². The number of halogens is 1. The number of nitrogens with one attached hydrogen (secondary N) is 1. The standard InChI is InChI=1S/C11H15BrN2OS/c1-7(4-5-15)16-10-3-2-8(11(13)14)6-9(10)12/h2-3,6-7,15H,4-5H2,1H3,(H3,13,14). The van der Waals surface area contributed by atoms with Crippen LogP contribution in [0.2, 0.25) is 0 Å². The maximum atomic E-state index is 8.83. The molecule has 0 aliphatic rings. The van der Waals surface area contributed by atoms with Crippen molar-refractivity contribution in [3.63, 3.8) is 0 Å². The summed E-state index contributed by atoms with van der Waals surface area (Å²) in [6.45, 7) is 2.28. The summed E-state index contributed by atoms with van der Waals surface area (Å²) < 4.78 is 0.940. The van der Waals surface area contributed by atoms with Gasteiger partial charge < -0.3 is 10.8 Å². The van der Waals surface area contributed by atoms with Crippen molar-refractivity contribution in [2.45, 2.75) is 23.5 Å². The van der Waals surface area contributed by atoms with Gasteiger partial charge in [0, 0.05) is 26.8 Å². The summed E-state index contributed by atoms with van der Waals surface area (Å²) in [6.07, 6.45) is 0.769. The number of thioether (sulfide) groups is 1. The molecule has 1 aromatic rings. The third-order valence-corrected chi connectivity index (χ3v) is 4.27. The molecule has 0 bridgehead atoms. The van der Waals surface area contributed by atoms with Crippen LogP contribution in [-0.4, -0.2) is 22.8 Å². The molecule has 1 aromatic carbocycles. The lowest BCUT2D eigenvalue weighted by Gasteiger charge is -2.11. The minimum absolute atomic E-state index is 0.0701. The summed E-state index contributed by atoms with van der Waals surface area (Å²) >= 11 is 5.16. The lowest BCUT2D eigenvalue weighted by Crippen LogP contribution is -2.10. The van der Waals surface area contributed by atoms with Gasteiger partial charge in [-0.3, -0.25) is 5.41 Å². The van der Waals surface area contributed by atoms with Gasteiger partial charge in [0.2, 0.25) is 0 Å². The van der Waals surface area contributed by atoms with Crippen LogP contribution in [-0.2, 0) is 0 Å². The Bertz CT molecular complexity index is 384. The van der Waals surface area contributed by atoms with Gasteiger partial charge in [-0.15, -0.1) is 11.8 Å². The molecule has 3 nitrogen and oxygen atoms in total. The highest BCUT2D eigenvalue weighted by molar-refractivity contribution is 9.10. The minimum Gasteiger partial charge on any atom is -0.396 e. The lowest BCUT2D eigenvalue weighted by atomic mass is 10.2. The Kier molecular flexibility index (Phi) is 5.31. The van der Waals surface area contributed by atoms with E-state index in [9.17, 15) is 0 Å². The van der Waals surface area contributed by atoms with E-state index in [-0.39, 0.29) is 12.4 Å². The topological polar surface area (TPSA) is 70.1 Å². The van der Waals surface area contributed by atoms with Crippen molar-refractivity contribution in [3.8, 4) is 0 Å². The second-order valence-electron chi connectivity index (χ2n) is 3.50. The van der Waals surface area contributed by atoms with E-state index in [0.29, 0.717) is 10.8 Å². The predicted octanol–water partition coefficient (Wildman–Crippen LogP) is 2.60. The number of nitrogens with two attached hydrogens (primary N) is 1. The Morgan fingerprint density at radius 1 is 1.62 bits per heavy atom. The molecule has 1 unspecified atom stereocenters. The van der Waals surface area contributed by atoms with Gasteiger partial charge >= 0.3 is 0 Å². The van der Waals surface area contributed by atoms with Crippen molar-refractivity contribution in [3.05, 3.63) is 28.2 Å². The van der Waals surface area contributed by atoms with Crippen molar-refractivity contribution in [2.24, 2.45) is 5.73 Å². The summed E-state index contributed by atoms with van der Waals surface area (Å²) in [7, 11) is 0. The van der Waals surface area contributed by atoms with Crippen LogP contribution in [0.1, 0.15) is 18.9 Å². The minimum atomic E-state index is 0.0701. The van der Waals surface area contributed by atoms with E-state index in [4.69, 9.17) is 16.2 Å². The summed E-state index contributed by atoms with van der Waals surface area (Å²) in [4.78, 5) is 1.10. The van der Waals surface area contributed by atoms with Crippen molar-refractivity contribution in [1.29, 1.82) is 5.41 Å². The first-order valence-corrected chi connectivity index (χ1v) is 6.63. The molecule has 0 saturated heterocycles. The van der Waals surface area contributed by atoms with Crippen LogP contribution >= 0.6 is 27.7 Å². The summed E-state index contributed by atoms with van der Waals surface area (Å²) in [6, 6.07) is 5.62. The van der Waals surface area contributed by atoms with Gasteiger partial charge in [0.05, 0.1) is 0 Å². The van der Waals surface area contributed by atoms with Crippen molar-refractivity contribution in [1.82, 2.24) is 0 Å². The zero-order chi connectivity index (χ0) is 12.1. The molecule has 4 N–H and O–H groups in total. The van der Waals surface area contributed by atoms with Crippen LogP contribution in [0.15, 0.2) is 27.6 Å². The Morgan fingerprint density at radius 3 is 2.81 bits per heavy atom. The number of aliphatic hydroxyl groups is 1. The van der Waals surface area contributed by atoms with Crippen molar-refractivity contribution in [2.75, 3.05) is 6.61 Å². The first-order chi connectivity index (χ1) is 7.54. The molecule has 0 radical (unpaired) electrons. The Balaban J connectivity index is 2.79. The van der Waals surface area contributed by atoms with Crippen LogP contribution in [0.25, 0.3) is 0 Å². The molecule has 1 atom stereocenters. The molecule has 16 heavy (non-hydrogen) atoms. The highest BCUT2D eigenvalue weighted by atomic mass is 79.9. The largest absolute Gasteiger partial charge is 0.396 e. The first-order valence-electron chi connectivity index (χ1n) is 4.96. The zero-order valence-electron chi connectivity index (χ0n) is 9.03. The Hall–Kier alpha value is -0.520. The average Bonchev–Trinajstić information content (AvgIpc) is 2.21. The van der Waals surface area contributed by atoms with Crippen molar-refractivity contribution >= 4 is 33.5 Å². The number of amidine groups is 1. The molecular weight excluding hydrogens is 288 g/mol. The molecule has 0 aromatic heterocycles. The number of rotatable bonds is 5. The molecule has 0 aliphatic heterocycles. The lowest BCUT2D eigenvalue weighted by molar-refractivity contribution is 0.289. The maximum absolute atomic E-state index is 8.83. The molecule has 88 valence electrons. The van der Waals surface area contributed by atoms with E-state index in [1.807, 2.05) is 18.2 Å². The highest BCUT2D eigenvalue weighted by Gasteiger charge is 2.08. The van der Waals surface area contributed by atoms with Crippen molar-refractivity contribution < 1.29 is 5.11 Å². The van der Waals surface area contributed by atoms with Crippen LogP contribution in [0.5, 0.6) is 0 Å². The molecule has 0 amide bonds. The molecule has 0 spiro atoms. The fraction of sp³-hybridized carbons (Fsp3) is 0.364. The van der Waals surface area contributed by atoms with E-state index < -0.39 is 0 Å². The van der Waals surface area contributed by atoms with Gasteiger partial charge in [0.1, 0.15) is 5.84 Å². The smallest absolute Gasteiger partial charge is 0.122 e. The fourth-order valence-electron chi connectivity index (χ4n) is 1.22. The molecule has 1 rings (SSSR count). The summed E-state index contributed by atoms with van der Waals surface area (Å²) in [5.74, 6) is 0.0701. The quantitative estimate of drug-likeness (QED) is 0.445. The van der Waals surface area contributed by atoms with E-state index in [1.54, 1.807) is 11.8 Å².